The number of H-pyrrole nitrogens is 4. The van der Waals surface area contributed by atoms with E-state index < -0.39 is 15.6 Å². The number of nitrogens with zero attached hydrogens (tertiary/aromatic N) is 15. The standard InChI is InChI=1S/C26H21BrN6O.C23H26ClN5O2.C21H19BrN6O.C20H19BrN6O2S/c1-29-24-21(19-9-5-8-18(14-28)22(19)27)20-15-30-32-25(20)31-23(24)16-10-12-33(13-11-16)26(34)17-6-3-2-4-7-17;1-23(2,3)31-22(30)29-11-9-14(10-12-29)19-20(25-4)18(15-7-5-6-8-17(15)24)16-13-26-28-21(16)27-19;1-12(29)28-8-6-13(7-9-28)19-20(24-2)17(16-11-25-27-21(16)26-19)15-5-3-4-14(10-23)18(15)22;1-23-19-16(14-5-3-4-13(10-22)17(14)21)15-11-24-26-20(15)25-18(19)12-6-8-27(9-7-12)30(2,28)29/h2-9,15-16,21H,10-13H2,(H2,30,31,32);5-8,13-14,18H,9-12H2,1-3H3,(H2,26,27,28);3-5,11,13,17H,6-9H2,1H3,(H2,25,26,27);3-5,11-12,16H,6-9H2,2H3,(H2,24,25,26). The Bertz CT molecular complexity index is 6200. The zero-order valence-corrected chi connectivity index (χ0v) is 74.5. The molecule has 9 aromatic rings. The molecule has 0 radical (unpaired) electrons. The summed E-state index contributed by atoms with van der Waals surface area (Å²) < 4.78 is 32.8. The fourth-order valence-corrected chi connectivity index (χ4v) is 20.4. The van der Waals surface area contributed by atoms with Gasteiger partial charge in [0.2, 0.25) is 15.9 Å². The molecule has 29 nitrogen and oxygen atoms in total. The van der Waals surface area contributed by atoms with Gasteiger partial charge in [-0.25, -0.2) is 36.9 Å². The number of carbonyl (C=O) groups excluding carboxylic acids is 3. The van der Waals surface area contributed by atoms with Gasteiger partial charge < -0.3 is 40.7 Å². The number of anilines is 4. The van der Waals surface area contributed by atoms with Crippen LogP contribution in [0.15, 0.2) is 193 Å². The van der Waals surface area contributed by atoms with Crippen LogP contribution in [0.5, 0.6) is 0 Å². The molecule has 0 bridgehead atoms. The molecule has 0 saturated carbocycles. The van der Waals surface area contributed by atoms with Crippen LogP contribution in [0.4, 0.5) is 28.1 Å². The number of aromatic amines is 4. The number of rotatable bonds is 10. The summed E-state index contributed by atoms with van der Waals surface area (Å²) in [5.74, 6) is 2.32. The number of hydrogen-bond acceptors (Lipinski definition) is 17. The van der Waals surface area contributed by atoms with Crippen LogP contribution in [0.1, 0.15) is 174 Å². The summed E-state index contributed by atoms with van der Waals surface area (Å²) in [4.78, 5) is 58.2. The fraction of sp³-hybridized carbons (Fsp3) is 0.333. The molecule has 5 aromatic carbocycles. The number of nitriles is 3. The average Bonchev–Trinajstić information content (AvgIpc) is 1.46. The predicted molar refractivity (Wildman–Crippen MR) is 478 cm³/mol. The quantitative estimate of drug-likeness (QED) is 0.0590. The summed E-state index contributed by atoms with van der Waals surface area (Å²) in [5, 5.41) is 71.4. The average molecular weight is 1890 g/mol. The summed E-state index contributed by atoms with van der Waals surface area (Å²) in [7, 11) is -3.22. The SMILES string of the molecule is [C-]#[N+]C1=C(C2CCN(C(=O)OC(C)(C)C)CC2)Nc2[nH]ncc2C1c1ccccc1Cl.[C-]#[N+]C1=C(C2CCN(C(=O)c3ccccc3)CC2)Nc2[nH]ncc2C1c1cccc(C#N)c1Br.[C-]#[N+]C1=C(C2CCN(C(C)=O)CC2)Nc2[nH]ncc2C1c1cccc(C#N)c1Br.[C-]#[N+]C1=C(C2CCN(S(C)(=O)=O)CC2)Nc2[nH]ncc2C1c1cccc(C#N)c1Br. The second kappa shape index (κ2) is 38.0. The Morgan fingerprint density at radius 3 is 1.07 bits per heavy atom. The van der Waals surface area contributed by atoms with Crippen molar-refractivity contribution in [1.29, 1.82) is 15.8 Å². The molecule has 8 aliphatic rings. The third kappa shape index (κ3) is 18.2. The molecule has 34 heteroatoms. The van der Waals surface area contributed by atoms with Crippen LogP contribution in [0.3, 0.4) is 0 Å². The Hall–Kier alpha value is -12.6. The molecule has 4 fully saturated rings. The molecule has 4 unspecified atom stereocenters. The number of carbonyl (C=O) groups is 3. The van der Waals surface area contributed by atoms with Gasteiger partial charge in [-0.15, -0.1) is 0 Å². The minimum Gasteiger partial charge on any atom is -0.444 e. The Balaban J connectivity index is 0.000000135. The number of aromatic nitrogens is 8. The molecular formula is C90H85Br3ClN23O6S. The Morgan fingerprint density at radius 2 is 0.758 bits per heavy atom. The highest BCUT2D eigenvalue weighted by molar-refractivity contribution is 9.11. The smallest absolute Gasteiger partial charge is 0.410 e. The maximum Gasteiger partial charge on any atom is 0.410 e. The number of benzene rings is 5. The van der Waals surface area contributed by atoms with Crippen LogP contribution in [-0.4, -0.2) is 150 Å². The predicted octanol–water partition coefficient (Wildman–Crippen LogP) is 18.1. The van der Waals surface area contributed by atoms with Crippen LogP contribution in [0.25, 0.3) is 19.4 Å². The summed E-state index contributed by atoms with van der Waals surface area (Å²) in [6.45, 7) is 43.8. The van der Waals surface area contributed by atoms with Crippen molar-refractivity contribution in [2.75, 3.05) is 79.9 Å². The first-order valence-corrected chi connectivity index (χ1v) is 44.9. The lowest BCUT2D eigenvalue weighted by atomic mass is 9.81. The second-order valence-corrected chi connectivity index (χ2v) is 36.8. The van der Waals surface area contributed by atoms with Gasteiger partial charge in [0.1, 0.15) is 47.1 Å². The molecule has 124 heavy (non-hydrogen) atoms. The van der Waals surface area contributed by atoms with E-state index in [-0.39, 0.29) is 65.3 Å². The molecule has 0 spiro atoms. The van der Waals surface area contributed by atoms with Crippen LogP contribution < -0.4 is 21.3 Å². The maximum atomic E-state index is 12.9. The summed E-state index contributed by atoms with van der Waals surface area (Å²) in [5.41, 5.74) is 14.6. The number of fused-ring (bicyclic) bond motifs is 4. The van der Waals surface area contributed by atoms with E-state index in [1.807, 2.05) is 122 Å². The first-order valence-electron chi connectivity index (χ1n) is 40.3. The minimum absolute atomic E-state index is 0.0315. The fourth-order valence-electron chi connectivity index (χ4n) is 17.5. The maximum absolute atomic E-state index is 12.9. The molecule has 4 aromatic heterocycles. The van der Waals surface area contributed by atoms with Gasteiger partial charge in [-0.05, 0) is 202 Å². The Kier molecular flexibility index (Phi) is 26.9. The minimum atomic E-state index is -3.22. The molecule has 0 aliphatic carbocycles. The first kappa shape index (κ1) is 87.7. The van der Waals surface area contributed by atoms with Gasteiger partial charge in [-0.2, -0.15) is 36.2 Å². The van der Waals surface area contributed by atoms with Gasteiger partial charge >= 0.3 is 6.09 Å². The van der Waals surface area contributed by atoms with E-state index in [1.54, 1.807) is 54.8 Å². The van der Waals surface area contributed by atoms with E-state index in [2.05, 4.69) is 147 Å². The third-order valence-corrected chi connectivity index (χ3v) is 28.0. The van der Waals surface area contributed by atoms with Crippen LogP contribution in [0.2, 0.25) is 5.02 Å². The number of piperidine rings is 4. The van der Waals surface area contributed by atoms with E-state index in [0.29, 0.717) is 129 Å². The van der Waals surface area contributed by atoms with Crippen molar-refractivity contribution in [3.63, 3.8) is 0 Å². The van der Waals surface area contributed by atoms with E-state index in [4.69, 9.17) is 42.6 Å². The van der Waals surface area contributed by atoms with Crippen LogP contribution in [0, 0.1) is 84.0 Å². The molecule has 4 atom stereocenters. The van der Waals surface area contributed by atoms with E-state index in [9.17, 15) is 38.6 Å². The van der Waals surface area contributed by atoms with Crippen molar-refractivity contribution in [2.24, 2.45) is 23.7 Å². The summed E-state index contributed by atoms with van der Waals surface area (Å²) in [6.07, 6.45) is 13.7. The lowest BCUT2D eigenvalue weighted by Gasteiger charge is -2.37. The number of halogens is 4. The summed E-state index contributed by atoms with van der Waals surface area (Å²) >= 11 is 17.2. The van der Waals surface area contributed by atoms with E-state index >= 15 is 0 Å². The highest BCUT2D eigenvalue weighted by Gasteiger charge is 2.43. The Labute approximate surface area is 748 Å². The molecule has 12 heterocycles. The van der Waals surface area contributed by atoms with Crippen LogP contribution >= 0.6 is 59.4 Å². The first-order chi connectivity index (χ1) is 59.8. The van der Waals surface area contributed by atoms with E-state index in [0.717, 1.165) is 129 Å². The van der Waals surface area contributed by atoms with Crippen molar-refractivity contribution in [3.8, 4) is 18.2 Å². The number of allylic oxidation sites excluding steroid dienone is 8. The normalized spacial score (nSPS) is 19.2. The van der Waals surface area contributed by atoms with Gasteiger partial charge in [0.05, 0.1) is 97.7 Å². The molecule has 4 saturated heterocycles. The van der Waals surface area contributed by atoms with Gasteiger partial charge in [0, 0.05) is 128 Å². The van der Waals surface area contributed by atoms with E-state index in [1.165, 1.54) is 10.6 Å². The van der Waals surface area contributed by atoms with Crippen molar-refractivity contribution in [2.45, 2.75) is 108 Å². The lowest BCUT2D eigenvalue weighted by Crippen LogP contribution is -2.42. The summed E-state index contributed by atoms with van der Waals surface area (Å²) in [6, 6.07) is 40.1. The molecule has 17 rings (SSSR count). The molecule has 3 amide bonds. The van der Waals surface area contributed by atoms with Crippen molar-refractivity contribution in [3.05, 3.63) is 310 Å². The zero-order valence-electron chi connectivity index (χ0n) is 68.2. The van der Waals surface area contributed by atoms with Crippen molar-refractivity contribution in [1.82, 2.24) is 59.8 Å². The number of nitrogens with one attached hydrogen (secondary N) is 8. The monoisotopic (exact) mass is 1890 g/mol. The highest BCUT2D eigenvalue weighted by atomic mass is 79.9. The topological polar surface area (TPSA) is 359 Å². The number of ether oxygens (including phenoxy) is 1. The number of likely N-dealkylation sites (tertiary alicyclic amines) is 3. The molecule has 630 valence electrons. The van der Waals surface area contributed by atoms with Gasteiger partial charge in [-0.1, -0.05) is 84.4 Å². The second-order valence-electron chi connectivity index (χ2n) is 32.1. The van der Waals surface area contributed by atoms with Crippen molar-refractivity contribution < 1.29 is 27.5 Å². The molecule has 8 aliphatic heterocycles. The third-order valence-electron chi connectivity index (χ3n) is 23.7. The highest BCUT2D eigenvalue weighted by Crippen LogP contribution is 2.52. The number of amides is 3. The number of sulfonamides is 1. The Morgan fingerprint density at radius 1 is 0.452 bits per heavy atom. The largest absolute Gasteiger partial charge is 0.444 e. The molecular weight excluding hydrogens is 1810 g/mol. The van der Waals surface area contributed by atoms with Crippen molar-refractivity contribution >= 4 is 111 Å². The number of hydrogen-bond donors (Lipinski definition) is 8. The lowest BCUT2D eigenvalue weighted by molar-refractivity contribution is -0.130. The van der Waals surface area contributed by atoms with Crippen LogP contribution in [-0.2, 0) is 19.6 Å². The zero-order chi connectivity index (χ0) is 87.8. The van der Waals surface area contributed by atoms with Gasteiger partial charge in [-0.3, -0.25) is 30.0 Å². The van der Waals surface area contributed by atoms with Gasteiger partial charge in [0.25, 0.3) is 5.91 Å². The van der Waals surface area contributed by atoms with Gasteiger partial charge in [0.15, 0.2) is 22.8 Å². The molecule has 8 N–H and O–H groups in total.